The molecule has 0 fully saturated rings. The van der Waals surface area contributed by atoms with E-state index in [1.165, 1.54) is 24.5 Å². The molecule has 0 atom stereocenters. The van der Waals surface area contributed by atoms with Crippen LogP contribution in [0.4, 0.5) is 20.4 Å². The number of hydrogen-bond donors (Lipinski definition) is 3. The quantitative estimate of drug-likeness (QED) is 0.410. The van der Waals surface area contributed by atoms with Crippen LogP contribution in [-0.4, -0.2) is 35.6 Å². The van der Waals surface area contributed by atoms with Crippen molar-refractivity contribution in [3.63, 3.8) is 0 Å². The maximum atomic E-state index is 15.0. The van der Waals surface area contributed by atoms with E-state index in [2.05, 4.69) is 27.1 Å². The van der Waals surface area contributed by atoms with Gasteiger partial charge in [-0.15, -0.1) is 0 Å². The highest BCUT2D eigenvalue weighted by Crippen LogP contribution is 2.29. The van der Waals surface area contributed by atoms with Crippen LogP contribution in [-0.2, 0) is 10.0 Å². The minimum absolute atomic E-state index is 0.110. The fourth-order valence-corrected chi connectivity index (χ4v) is 4.39. The molecule has 0 unspecified atom stereocenters. The van der Waals surface area contributed by atoms with Crippen molar-refractivity contribution in [1.82, 2.24) is 9.97 Å². The summed E-state index contributed by atoms with van der Waals surface area (Å²) in [5, 5.41) is 12.2. The second-order valence-electron chi connectivity index (χ2n) is 7.68. The minimum atomic E-state index is -4.33. The molecule has 1 heterocycles. The molecular formula is C22H18Cl2F2N4O3S. The Balaban J connectivity index is 1.89. The number of sulfonamides is 1. The molecule has 0 saturated carbocycles. The van der Waals surface area contributed by atoms with Gasteiger partial charge in [0, 0.05) is 17.4 Å². The first kappa shape index (κ1) is 25.6. The van der Waals surface area contributed by atoms with Crippen molar-refractivity contribution < 1.29 is 22.3 Å². The van der Waals surface area contributed by atoms with E-state index >= 15 is 0 Å². The number of halogens is 4. The number of nitrogens with one attached hydrogen (secondary N) is 2. The standard InChI is InChI=1S/C22H18Cl2F2N4O3S/c1-22(2,12-31)29-21-27-10-13(11-28-21)3-5-15-17(25)7-8-18(20(15)26)30-34(32,33)19-9-14(23)4-6-16(19)24/h4,6-11,30-31H,12H2,1-2H3,(H,27,28,29). The third-order valence-corrected chi connectivity index (χ3v) is 6.43. The summed E-state index contributed by atoms with van der Waals surface area (Å²) < 4.78 is 56.6. The lowest BCUT2D eigenvalue weighted by Crippen LogP contribution is -2.35. The molecule has 178 valence electrons. The Bertz CT molecular complexity index is 1390. The summed E-state index contributed by atoms with van der Waals surface area (Å²) in [7, 11) is -4.33. The predicted molar refractivity (Wildman–Crippen MR) is 126 cm³/mol. The van der Waals surface area contributed by atoms with Crippen molar-refractivity contribution in [1.29, 1.82) is 0 Å². The molecule has 7 nitrogen and oxygen atoms in total. The number of hydrogen-bond acceptors (Lipinski definition) is 6. The lowest BCUT2D eigenvalue weighted by molar-refractivity contribution is 0.233. The second kappa shape index (κ2) is 10.1. The maximum Gasteiger partial charge on any atom is 0.263 e. The van der Waals surface area contributed by atoms with E-state index in [1.807, 2.05) is 4.72 Å². The zero-order chi connectivity index (χ0) is 25.1. The van der Waals surface area contributed by atoms with Gasteiger partial charge < -0.3 is 10.4 Å². The number of benzene rings is 2. The number of nitrogens with zero attached hydrogens (tertiary/aromatic N) is 2. The van der Waals surface area contributed by atoms with Crippen LogP contribution in [0.1, 0.15) is 25.0 Å². The summed E-state index contributed by atoms with van der Waals surface area (Å²) in [5.74, 6) is 2.91. The highest BCUT2D eigenvalue weighted by molar-refractivity contribution is 7.92. The Labute approximate surface area is 205 Å². The number of aliphatic hydroxyl groups excluding tert-OH is 1. The van der Waals surface area contributed by atoms with Crippen LogP contribution in [0.25, 0.3) is 0 Å². The van der Waals surface area contributed by atoms with Crippen molar-refractivity contribution in [3.05, 3.63) is 75.5 Å². The largest absolute Gasteiger partial charge is 0.394 e. The molecule has 0 aliphatic rings. The monoisotopic (exact) mass is 526 g/mol. The Morgan fingerprint density at radius 1 is 1.09 bits per heavy atom. The summed E-state index contributed by atoms with van der Waals surface area (Å²) in [6.07, 6.45) is 2.67. The van der Waals surface area contributed by atoms with Crippen LogP contribution < -0.4 is 10.0 Å². The summed E-state index contributed by atoms with van der Waals surface area (Å²) >= 11 is 11.8. The highest BCUT2D eigenvalue weighted by Gasteiger charge is 2.22. The van der Waals surface area contributed by atoms with Crippen LogP contribution in [0.5, 0.6) is 0 Å². The van der Waals surface area contributed by atoms with Gasteiger partial charge in [0.25, 0.3) is 10.0 Å². The molecule has 3 rings (SSSR count). The van der Waals surface area contributed by atoms with E-state index in [4.69, 9.17) is 23.2 Å². The minimum Gasteiger partial charge on any atom is -0.394 e. The molecule has 0 saturated heterocycles. The van der Waals surface area contributed by atoms with Gasteiger partial charge in [0.05, 0.1) is 34.0 Å². The van der Waals surface area contributed by atoms with Gasteiger partial charge in [0.2, 0.25) is 5.95 Å². The topological polar surface area (TPSA) is 104 Å². The maximum absolute atomic E-state index is 15.0. The normalized spacial score (nSPS) is 11.5. The van der Waals surface area contributed by atoms with Crippen LogP contribution in [0.3, 0.4) is 0 Å². The third kappa shape index (κ3) is 6.12. The smallest absolute Gasteiger partial charge is 0.263 e. The molecule has 0 spiro atoms. The molecule has 12 heteroatoms. The SMILES string of the molecule is CC(C)(CO)Nc1ncc(C#Cc2c(F)ccc(NS(=O)(=O)c3cc(Cl)ccc3Cl)c2F)cn1. The van der Waals surface area contributed by atoms with Crippen molar-refractivity contribution in [2.75, 3.05) is 16.6 Å². The number of aliphatic hydroxyl groups is 1. The van der Waals surface area contributed by atoms with Gasteiger partial charge in [-0.1, -0.05) is 35.0 Å². The van der Waals surface area contributed by atoms with Crippen molar-refractivity contribution >= 4 is 44.9 Å². The number of aromatic nitrogens is 2. The second-order valence-corrected chi connectivity index (χ2v) is 10.2. The molecular weight excluding hydrogens is 509 g/mol. The first-order valence-electron chi connectivity index (χ1n) is 9.61. The molecule has 2 aromatic carbocycles. The Hall–Kier alpha value is -2.97. The molecule has 34 heavy (non-hydrogen) atoms. The zero-order valence-electron chi connectivity index (χ0n) is 17.8. The van der Waals surface area contributed by atoms with Gasteiger partial charge in [-0.05, 0) is 44.2 Å². The number of rotatable bonds is 6. The van der Waals surface area contributed by atoms with E-state index in [0.29, 0.717) is 0 Å². The Morgan fingerprint density at radius 3 is 2.41 bits per heavy atom. The van der Waals surface area contributed by atoms with Gasteiger partial charge in [-0.25, -0.2) is 27.2 Å². The van der Waals surface area contributed by atoms with Gasteiger partial charge in [0.1, 0.15) is 10.7 Å². The van der Waals surface area contributed by atoms with Crippen molar-refractivity contribution in [2.45, 2.75) is 24.3 Å². The summed E-state index contributed by atoms with van der Waals surface area (Å²) in [4.78, 5) is 7.72. The fraction of sp³-hybridized carbons (Fsp3) is 0.182. The first-order valence-corrected chi connectivity index (χ1v) is 11.8. The molecule has 0 amide bonds. The molecule has 0 aliphatic carbocycles. The first-order chi connectivity index (χ1) is 15.9. The van der Waals surface area contributed by atoms with E-state index < -0.39 is 38.4 Å². The van der Waals surface area contributed by atoms with E-state index in [1.54, 1.807) is 13.8 Å². The van der Waals surface area contributed by atoms with Crippen molar-refractivity contribution in [3.8, 4) is 11.8 Å². The summed E-state index contributed by atoms with van der Waals surface area (Å²) in [6.45, 7) is 3.34. The zero-order valence-corrected chi connectivity index (χ0v) is 20.2. The molecule has 3 aromatic rings. The molecule has 1 aromatic heterocycles. The summed E-state index contributed by atoms with van der Waals surface area (Å²) in [6, 6.07) is 5.59. The van der Waals surface area contributed by atoms with Gasteiger partial charge in [0.15, 0.2) is 5.82 Å². The fourth-order valence-electron chi connectivity index (χ4n) is 2.56. The van der Waals surface area contributed by atoms with Crippen LogP contribution in [0, 0.1) is 23.5 Å². The van der Waals surface area contributed by atoms with Gasteiger partial charge in [-0.2, -0.15) is 0 Å². The van der Waals surface area contributed by atoms with E-state index in [9.17, 15) is 22.3 Å². The van der Waals surface area contributed by atoms with Crippen LogP contribution in [0.15, 0.2) is 47.6 Å². The van der Waals surface area contributed by atoms with E-state index in [0.717, 1.165) is 18.2 Å². The van der Waals surface area contributed by atoms with Gasteiger partial charge in [-0.3, -0.25) is 4.72 Å². The predicted octanol–water partition coefficient (Wildman–Crippen LogP) is 4.45. The summed E-state index contributed by atoms with van der Waals surface area (Å²) in [5.41, 5.74) is -1.57. The average Bonchev–Trinajstić information content (AvgIpc) is 2.78. The third-order valence-electron chi connectivity index (χ3n) is 4.35. The molecule has 3 N–H and O–H groups in total. The molecule has 0 bridgehead atoms. The Morgan fingerprint density at radius 2 is 1.76 bits per heavy atom. The molecule has 0 radical (unpaired) electrons. The van der Waals surface area contributed by atoms with Crippen molar-refractivity contribution in [2.24, 2.45) is 0 Å². The Kier molecular flexibility index (Phi) is 7.63. The van der Waals surface area contributed by atoms with Crippen LogP contribution in [0.2, 0.25) is 10.0 Å². The van der Waals surface area contributed by atoms with Crippen LogP contribution >= 0.6 is 23.2 Å². The average molecular weight is 527 g/mol. The lowest BCUT2D eigenvalue weighted by Gasteiger charge is -2.23. The highest BCUT2D eigenvalue weighted by atomic mass is 35.5. The van der Waals surface area contributed by atoms with E-state index in [-0.39, 0.29) is 33.1 Å². The van der Waals surface area contributed by atoms with Gasteiger partial charge >= 0.3 is 0 Å². The lowest BCUT2D eigenvalue weighted by atomic mass is 10.1. The number of anilines is 2. The molecule has 0 aliphatic heterocycles.